The van der Waals surface area contributed by atoms with E-state index >= 15 is 0 Å². The summed E-state index contributed by atoms with van der Waals surface area (Å²) in [6.45, 7) is 2.01. The van der Waals surface area contributed by atoms with Crippen LogP contribution in [0.5, 0.6) is 0 Å². The molecule has 0 aromatic heterocycles. The average Bonchev–Trinajstić information content (AvgIpc) is 1.98. The summed E-state index contributed by atoms with van der Waals surface area (Å²) in [5, 5.41) is 17.5. The van der Waals surface area contributed by atoms with Gasteiger partial charge in [-0.05, 0) is 19.3 Å². The lowest BCUT2D eigenvalue weighted by Gasteiger charge is -2.05. The molecule has 3 nitrogen and oxygen atoms in total. The van der Waals surface area contributed by atoms with E-state index < -0.39 is 5.97 Å². The minimum Gasteiger partial charge on any atom is -0.478 e. The third-order valence-corrected chi connectivity index (χ3v) is 1.55. The summed E-state index contributed by atoms with van der Waals surface area (Å²) in [5.41, 5.74) is 0. The number of hydrogen-bond donors (Lipinski definition) is 2. The first kappa shape index (κ1) is 11.2. The molecule has 70 valence electrons. The van der Waals surface area contributed by atoms with Crippen LogP contribution in [0.1, 0.15) is 32.6 Å². The fourth-order valence-corrected chi connectivity index (χ4v) is 0.950. The van der Waals surface area contributed by atoms with Gasteiger partial charge in [-0.2, -0.15) is 0 Å². The van der Waals surface area contributed by atoms with E-state index in [9.17, 15) is 9.90 Å². The molecule has 0 bridgehead atoms. The zero-order chi connectivity index (χ0) is 9.40. The molecule has 3 heteroatoms. The Hall–Kier alpha value is -0.830. The molecule has 0 aromatic rings. The lowest BCUT2D eigenvalue weighted by Crippen LogP contribution is -2.04. The minimum atomic E-state index is -0.931. The Bertz CT molecular complexity index is 152. The van der Waals surface area contributed by atoms with Crippen molar-refractivity contribution in [2.45, 2.75) is 38.7 Å². The molecule has 0 heterocycles. The maximum Gasteiger partial charge on any atom is 0.327 e. The van der Waals surface area contributed by atoms with Crippen LogP contribution in [0.15, 0.2) is 12.2 Å². The highest BCUT2D eigenvalue weighted by atomic mass is 16.4. The van der Waals surface area contributed by atoms with Crippen molar-refractivity contribution in [1.29, 1.82) is 0 Å². The van der Waals surface area contributed by atoms with Crippen LogP contribution in [0.4, 0.5) is 0 Å². The van der Waals surface area contributed by atoms with Crippen LogP contribution in [0, 0.1) is 0 Å². The average molecular weight is 172 g/mol. The van der Waals surface area contributed by atoms with E-state index in [-0.39, 0.29) is 6.10 Å². The van der Waals surface area contributed by atoms with E-state index in [1.54, 1.807) is 6.08 Å². The third kappa shape index (κ3) is 7.28. The van der Waals surface area contributed by atoms with Crippen LogP contribution < -0.4 is 0 Å². The van der Waals surface area contributed by atoms with Crippen molar-refractivity contribution in [1.82, 2.24) is 0 Å². The molecule has 0 fully saturated rings. The second-order valence-corrected chi connectivity index (χ2v) is 2.76. The number of carboxylic acid groups (broad SMARTS) is 1. The van der Waals surface area contributed by atoms with Gasteiger partial charge >= 0.3 is 5.97 Å². The monoisotopic (exact) mass is 172 g/mol. The van der Waals surface area contributed by atoms with E-state index in [1.165, 1.54) is 0 Å². The Balaban J connectivity index is 3.36. The SMILES string of the molecule is CCC[C@@H](O)CC/C=C/C(=O)O. The van der Waals surface area contributed by atoms with Gasteiger partial charge in [0.1, 0.15) is 0 Å². The van der Waals surface area contributed by atoms with Gasteiger partial charge in [-0.1, -0.05) is 19.4 Å². The van der Waals surface area contributed by atoms with E-state index in [0.29, 0.717) is 12.8 Å². The molecular weight excluding hydrogens is 156 g/mol. The summed E-state index contributed by atoms with van der Waals surface area (Å²) in [4.78, 5) is 10.0. The zero-order valence-electron chi connectivity index (χ0n) is 7.36. The molecule has 0 radical (unpaired) electrons. The normalized spacial score (nSPS) is 13.5. The molecule has 0 aliphatic rings. The Labute approximate surface area is 72.7 Å². The Morgan fingerprint density at radius 3 is 2.67 bits per heavy atom. The summed E-state index contributed by atoms with van der Waals surface area (Å²) in [7, 11) is 0. The van der Waals surface area contributed by atoms with Crippen LogP contribution in [0.2, 0.25) is 0 Å². The smallest absolute Gasteiger partial charge is 0.327 e. The predicted molar refractivity (Wildman–Crippen MR) is 46.9 cm³/mol. The van der Waals surface area contributed by atoms with Crippen molar-refractivity contribution in [2.24, 2.45) is 0 Å². The minimum absolute atomic E-state index is 0.284. The topological polar surface area (TPSA) is 57.5 Å². The zero-order valence-corrected chi connectivity index (χ0v) is 7.36. The van der Waals surface area contributed by atoms with Crippen molar-refractivity contribution in [3.8, 4) is 0 Å². The van der Waals surface area contributed by atoms with Crippen LogP contribution >= 0.6 is 0 Å². The standard InChI is InChI=1S/C9H16O3/c1-2-5-8(10)6-3-4-7-9(11)12/h4,7-8,10H,2-3,5-6H2,1H3,(H,11,12)/b7-4+/t8-/m1/s1. The van der Waals surface area contributed by atoms with Gasteiger partial charge in [-0.25, -0.2) is 4.79 Å². The maximum absolute atomic E-state index is 10.0. The molecule has 1 atom stereocenters. The van der Waals surface area contributed by atoms with Crippen molar-refractivity contribution in [3.05, 3.63) is 12.2 Å². The van der Waals surface area contributed by atoms with E-state index in [1.807, 2.05) is 6.92 Å². The molecule has 0 unspecified atom stereocenters. The summed E-state index contributed by atoms with van der Waals surface area (Å²) in [6, 6.07) is 0. The van der Waals surface area contributed by atoms with Gasteiger partial charge in [-0.3, -0.25) is 0 Å². The molecular formula is C9H16O3. The first-order valence-electron chi connectivity index (χ1n) is 4.24. The molecule has 2 N–H and O–H groups in total. The summed E-state index contributed by atoms with van der Waals surface area (Å²) >= 11 is 0. The Morgan fingerprint density at radius 1 is 1.50 bits per heavy atom. The number of aliphatic hydroxyl groups is 1. The Kier molecular flexibility index (Phi) is 6.38. The molecule has 0 saturated heterocycles. The van der Waals surface area contributed by atoms with E-state index in [2.05, 4.69) is 0 Å². The Morgan fingerprint density at radius 2 is 2.17 bits per heavy atom. The second kappa shape index (κ2) is 6.85. The lowest BCUT2D eigenvalue weighted by molar-refractivity contribution is -0.131. The van der Waals surface area contributed by atoms with Crippen molar-refractivity contribution < 1.29 is 15.0 Å². The molecule has 0 saturated carbocycles. The molecule has 0 aliphatic carbocycles. The lowest BCUT2D eigenvalue weighted by atomic mass is 10.1. The molecule has 0 aromatic carbocycles. The highest BCUT2D eigenvalue weighted by Crippen LogP contribution is 2.04. The van der Waals surface area contributed by atoms with Crippen LogP contribution in [-0.2, 0) is 4.79 Å². The molecule has 0 amide bonds. The van der Waals surface area contributed by atoms with Crippen LogP contribution in [0.3, 0.4) is 0 Å². The van der Waals surface area contributed by atoms with Gasteiger partial charge in [0.05, 0.1) is 6.10 Å². The van der Waals surface area contributed by atoms with Gasteiger partial charge < -0.3 is 10.2 Å². The first-order valence-corrected chi connectivity index (χ1v) is 4.24. The highest BCUT2D eigenvalue weighted by molar-refractivity contribution is 5.79. The van der Waals surface area contributed by atoms with Gasteiger partial charge in [0.25, 0.3) is 0 Å². The number of allylic oxidation sites excluding steroid dienone is 1. The van der Waals surface area contributed by atoms with Gasteiger partial charge in [0.15, 0.2) is 0 Å². The van der Waals surface area contributed by atoms with Gasteiger partial charge in [0.2, 0.25) is 0 Å². The van der Waals surface area contributed by atoms with Crippen LogP contribution in [-0.4, -0.2) is 22.3 Å². The number of carboxylic acids is 1. The molecule has 12 heavy (non-hydrogen) atoms. The van der Waals surface area contributed by atoms with Crippen molar-refractivity contribution in [3.63, 3.8) is 0 Å². The summed E-state index contributed by atoms with van der Waals surface area (Å²) in [5.74, 6) is -0.931. The fourth-order valence-electron chi connectivity index (χ4n) is 0.950. The van der Waals surface area contributed by atoms with Crippen molar-refractivity contribution in [2.75, 3.05) is 0 Å². The highest BCUT2D eigenvalue weighted by Gasteiger charge is 1.99. The van der Waals surface area contributed by atoms with E-state index in [0.717, 1.165) is 18.9 Å². The number of aliphatic carboxylic acids is 1. The predicted octanol–water partition coefficient (Wildman–Crippen LogP) is 1.57. The third-order valence-electron chi connectivity index (χ3n) is 1.55. The molecule has 0 aliphatic heterocycles. The van der Waals surface area contributed by atoms with Gasteiger partial charge in [-0.15, -0.1) is 0 Å². The number of aliphatic hydroxyl groups excluding tert-OH is 1. The number of hydrogen-bond acceptors (Lipinski definition) is 2. The second-order valence-electron chi connectivity index (χ2n) is 2.76. The number of carbonyl (C=O) groups is 1. The number of rotatable bonds is 6. The largest absolute Gasteiger partial charge is 0.478 e. The summed E-state index contributed by atoms with van der Waals surface area (Å²) < 4.78 is 0. The molecule has 0 spiro atoms. The molecule has 0 rings (SSSR count). The van der Waals surface area contributed by atoms with E-state index in [4.69, 9.17) is 5.11 Å². The maximum atomic E-state index is 10.0. The first-order chi connectivity index (χ1) is 5.66. The fraction of sp³-hybridized carbons (Fsp3) is 0.667. The van der Waals surface area contributed by atoms with Crippen LogP contribution in [0.25, 0.3) is 0 Å². The quantitative estimate of drug-likeness (QED) is 0.598. The van der Waals surface area contributed by atoms with Gasteiger partial charge in [0, 0.05) is 6.08 Å². The summed E-state index contributed by atoms with van der Waals surface area (Å²) in [6.07, 6.45) is 5.43. The van der Waals surface area contributed by atoms with Crippen molar-refractivity contribution >= 4 is 5.97 Å².